The number of nitrogens with zero attached hydrogens (tertiary/aromatic N) is 1. The molecule has 0 spiro atoms. The molecule has 164 valence electrons. The Morgan fingerprint density at radius 2 is 2.13 bits per heavy atom. The summed E-state index contributed by atoms with van der Waals surface area (Å²) >= 11 is 1.68. The Morgan fingerprint density at radius 1 is 1.29 bits per heavy atom. The summed E-state index contributed by atoms with van der Waals surface area (Å²) in [6.45, 7) is 2.99. The fourth-order valence-electron chi connectivity index (χ4n) is 3.17. The number of nitrogens with two attached hydrogens (primary N) is 1. The molecule has 0 fully saturated rings. The van der Waals surface area contributed by atoms with Gasteiger partial charge in [-0.3, -0.25) is 9.79 Å². The number of hydrogen-bond acceptors (Lipinski definition) is 5. The molecule has 3 rings (SSSR count). The summed E-state index contributed by atoms with van der Waals surface area (Å²) in [6, 6.07) is 11.7. The Balaban J connectivity index is 2.04. The van der Waals surface area contributed by atoms with Gasteiger partial charge in [0.05, 0.1) is 19.3 Å². The number of amides is 1. The molecule has 1 amide bonds. The molecule has 2 aromatic rings. The van der Waals surface area contributed by atoms with Gasteiger partial charge in [-0.25, -0.2) is 0 Å². The molecule has 0 aliphatic carbocycles. The number of methoxy groups -OCH3 is 1. The topological polar surface area (TPSA) is 98.0 Å². The van der Waals surface area contributed by atoms with Crippen molar-refractivity contribution in [1.82, 2.24) is 10.6 Å². The average Bonchev–Trinajstić information content (AvgIpc) is 2.77. The summed E-state index contributed by atoms with van der Waals surface area (Å²) < 4.78 is 11.3. The zero-order chi connectivity index (χ0) is 22.2. The van der Waals surface area contributed by atoms with Gasteiger partial charge >= 0.3 is 0 Å². The monoisotopic (exact) mass is 440 g/mol. The van der Waals surface area contributed by atoms with Gasteiger partial charge in [0.15, 0.2) is 5.96 Å². The maximum atomic E-state index is 12.9. The number of guanidine groups is 1. The molecule has 4 N–H and O–H groups in total. The van der Waals surface area contributed by atoms with Gasteiger partial charge in [0.1, 0.15) is 11.5 Å². The van der Waals surface area contributed by atoms with Crippen LogP contribution in [0.5, 0.6) is 11.5 Å². The second-order valence-corrected chi connectivity index (χ2v) is 8.06. The van der Waals surface area contributed by atoms with Gasteiger partial charge in [0.2, 0.25) is 0 Å². The molecule has 31 heavy (non-hydrogen) atoms. The van der Waals surface area contributed by atoms with Crippen LogP contribution in [0, 0.1) is 6.92 Å². The number of carbonyl (C=O) groups excluding carboxylic acids is 1. The Labute approximate surface area is 187 Å². The molecule has 0 atom stereocenters. The number of ether oxygens (including phenoxy) is 2. The number of aliphatic imine (C=N–C) groups is 1. The molecule has 2 aromatic carbocycles. The van der Waals surface area contributed by atoms with E-state index >= 15 is 0 Å². The molecule has 0 aromatic heterocycles. The molecule has 0 saturated heterocycles. The minimum atomic E-state index is -0.196. The molecular formula is C23H28N4O3S. The van der Waals surface area contributed by atoms with Crippen LogP contribution in [0.3, 0.4) is 0 Å². The van der Waals surface area contributed by atoms with E-state index in [9.17, 15) is 4.79 Å². The van der Waals surface area contributed by atoms with Crippen LogP contribution in [0.15, 0.2) is 52.4 Å². The van der Waals surface area contributed by atoms with E-state index in [0.717, 1.165) is 27.5 Å². The van der Waals surface area contributed by atoms with Gasteiger partial charge in [0, 0.05) is 35.5 Å². The van der Waals surface area contributed by atoms with Crippen molar-refractivity contribution in [1.29, 1.82) is 0 Å². The van der Waals surface area contributed by atoms with E-state index in [4.69, 9.17) is 15.2 Å². The number of carbonyl (C=O) groups is 1. The first kappa shape index (κ1) is 22.6. The fraction of sp³-hybridized carbons (Fsp3) is 0.304. The quantitative estimate of drug-likeness (QED) is 0.490. The third kappa shape index (κ3) is 5.95. The highest BCUT2D eigenvalue weighted by Crippen LogP contribution is 2.29. The Bertz CT molecular complexity index is 1000. The predicted molar refractivity (Wildman–Crippen MR) is 126 cm³/mol. The zero-order valence-corrected chi connectivity index (χ0v) is 18.8. The summed E-state index contributed by atoms with van der Waals surface area (Å²) in [7, 11) is 3.19. The maximum Gasteiger partial charge on any atom is 0.255 e. The van der Waals surface area contributed by atoms with Gasteiger partial charge in [-0.2, -0.15) is 0 Å². The standard InChI is InChI=1S/C23H28N4O3S/c1-15-12-21(29-3)19-14-18(15)20(27-23(24)25-2)8-11-31-17-7-4-6-16(13-17)30-10-5-9-26-22(19)28/h4,6-8,12-14H,5,9-11H2,1-3H3,(H,26,28)(H3,24,25,27)/b20-8-. The number of thioether (sulfide) groups is 1. The third-order valence-corrected chi connectivity index (χ3v) is 5.72. The highest BCUT2D eigenvalue weighted by atomic mass is 32.2. The van der Waals surface area contributed by atoms with Crippen molar-refractivity contribution < 1.29 is 14.3 Å². The highest BCUT2D eigenvalue weighted by Gasteiger charge is 2.17. The smallest absolute Gasteiger partial charge is 0.255 e. The lowest BCUT2D eigenvalue weighted by molar-refractivity contribution is 0.0948. The van der Waals surface area contributed by atoms with Crippen molar-refractivity contribution in [2.45, 2.75) is 18.2 Å². The largest absolute Gasteiger partial charge is 0.496 e. The van der Waals surface area contributed by atoms with Crippen molar-refractivity contribution >= 4 is 29.3 Å². The van der Waals surface area contributed by atoms with Crippen molar-refractivity contribution in [2.75, 3.05) is 33.1 Å². The first-order valence-electron chi connectivity index (χ1n) is 10.0. The second-order valence-electron chi connectivity index (χ2n) is 6.96. The van der Waals surface area contributed by atoms with E-state index in [0.29, 0.717) is 42.6 Å². The molecule has 0 saturated carbocycles. The summed E-state index contributed by atoms with van der Waals surface area (Å²) in [4.78, 5) is 18.0. The van der Waals surface area contributed by atoms with E-state index in [2.05, 4.69) is 21.7 Å². The minimum Gasteiger partial charge on any atom is -0.496 e. The second kappa shape index (κ2) is 10.8. The maximum absolute atomic E-state index is 12.9. The van der Waals surface area contributed by atoms with Crippen LogP contribution in [-0.2, 0) is 0 Å². The van der Waals surface area contributed by atoms with Crippen LogP contribution in [0.25, 0.3) is 5.70 Å². The predicted octanol–water partition coefficient (Wildman–Crippen LogP) is 3.18. The summed E-state index contributed by atoms with van der Waals surface area (Å²) in [5.74, 6) is 2.13. The molecule has 7 nitrogen and oxygen atoms in total. The van der Waals surface area contributed by atoms with Gasteiger partial charge in [-0.15, -0.1) is 11.8 Å². The summed E-state index contributed by atoms with van der Waals surface area (Å²) in [5, 5.41) is 6.11. The Kier molecular flexibility index (Phi) is 7.83. The van der Waals surface area contributed by atoms with E-state index in [1.807, 2.05) is 43.3 Å². The first-order valence-corrected chi connectivity index (χ1v) is 11.0. The van der Waals surface area contributed by atoms with Crippen molar-refractivity contribution in [3.05, 3.63) is 59.2 Å². The Morgan fingerprint density at radius 3 is 2.90 bits per heavy atom. The van der Waals surface area contributed by atoms with E-state index in [-0.39, 0.29) is 5.91 Å². The highest BCUT2D eigenvalue weighted by molar-refractivity contribution is 7.99. The number of benzene rings is 2. The molecular weight excluding hydrogens is 412 g/mol. The van der Waals surface area contributed by atoms with E-state index < -0.39 is 0 Å². The number of aryl methyl sites for hydroxylation is 1. The van der Waals surface area contributed by atoms with Gasteiger partial charge in [0.25, 0.3) is 5.91 Å². The van der Waals surface area contributed by atoms with Gasteiger partial charge in [-0.1, -0.05) is 6.07 Å². The summed E-state index contributed by atoms with van der Waals surface area (Å²) in [5.41, 5.74) is 9.03. The third-order valence-electron chi connectivity index (χ3n) is 4.80. The lowest BCUT2D eigenvalue weighted by Crippen LogP contribution is -2.31. The molecule has 0 radical (unpaired) electrons. The Hall–Kier alpha value is -3.13. The molecule has 4 bridgehead atoms. The minimum absolute atomic E-state index is 0.196. The van der Waals surface area contributed by atoms with Crippen molar-refractivity contribution in [3.63, 3.8) is 0 Å². The fourth-order valence-corrected chi connectivity index (χ4v) is 3.99. The number of hydrogen-bond donors (Lipinski definition) is 3. The van der Waals surface area contributed by atoms with E-state index in [1.165, 1.54) is 0 Å². The van der Waals surface area contributed by atoms with Crippen molar-refractivity contribution in [3.8, 4) is 11.5 Å². The van der Waals surface area contributed by atoms with Crippen LogP contribution >= 0.6 is 11.8 Å². The lowest BCUT2D eigenvalue weighted by atomic mass is 10.00. The van der Waals surface area contributed by atoms with Gasteiger partial charge < -0.3 is 25.8 Å². The first-order chi connectivity index (χ1) is 15.0. The molecule has 1 aliphatic heterocycles. The molecule has 1 heterocycles. The zero-order valence-electron chi connectivity index (χ0n) is 18.0. The van der Waals surface area contributed by atoms with E-state index in [1.54, 1.807) is 25.9 Å². The SMILES string of the molecule is CN=C(N)N/C1=C\CSc2cccc(c2)OCCCNC(=O)c2cc1c(C)cc2OC. The molecule has 0 unspecified atom stereocenters. The van der Waals surface area contributed by atoms with Crippen LogP contribution in [0.2, 0.25) is 0 Å². The average molecular weight is 441 g/mol. The number of nitrogens with one attached hydrogen (secondary N) is 2. The van der Waals surface area contributed by atoms with Crippen LogP contribution < -0.4 is 25.8 Å². The van der Waals surface area contributed by atoms with Crippen LogP contribution in [0.1, 0.15) is 27.9 Å². The number of fused-ring (bicyclic) bond motifs is 4. The number of rotatable bonds is 2. The van der Waals surface area contributed by atoms with Crippen LogP contribution in [-0.4, -0.2) is 44.9 Å². The van der Waals surface area contributed by atoms with Crippen LogP contribution in [0.4, 0.5) is 0 Å². The normalized spacial score (nSPS) is 17.1. The summed E-state index contributed by atoms with van der Waals surface area (Å²) in [6.07, 6.45) is 2.74. The molecule has 8 heteroatoms. The van der Waals surface area contributed by atoms with Crippen molar-refractivity contribution in [2.24, 2.45) is 10.7 Å². The molecule has 1 aliphatic rings. The lowest BCUT2D eigenvalue weighted by Gasteiger charge is -2.17. The van der Waals surface area contributed by atoms with Gasteiger partial charge in [-0.05, 0) is 55.3 Å².